The van der Waals surface area contributed by atoms with Gasteiger partial charge in [0.15, 0.2) is 0 Å². The van der Waals surface area contributed by atoms with E-state index in [4.69, 9.17) is 0 Å². The summed E-state index contributed by atoms with van der Waals surface area (Å²) in [5.74, 6) is -0.644. The van der Waals surface area contributed by atoms with E-state index in [0.717, 1.165) is 17.7 Å². The predicted octanol–water partition coefficient (Wildman–Crippen LogP) is 3.72. The molecule has 0 saturated carbocycles. The molecule has 1 aromatic heterocycles. The molecule has 0 aliphatic heterocycles. The monoisotopic (exact) mass is 373 g/mol. The number of nitrogens with one attached hydrogen (secondary N) is 1. The summed E-state index contributed by atoms with van der Waals surface area (Å²) in [5, 5.41) is 6.68. The number of carbonyl (C=O) groups excluding carboxylic acids is 1. The highest BCUT2D eigenvalue weighted by Gasteiger charge is 2.30. The highest BCUT2D eigenvalue weighted by Crippen LogP contribution is 2.29. The summed E-state index contributed by atoms with van der Waals surface area (Å²) in [6, 6.07) is 13.8. The number of aromatic nitrogens is 2. The lowest BCUT2D eigenvalue weighted by Crippen LogP contribution is -2.18. The highest BCUT2D eigenvalue weighted by molar-refractivity contribution is 6.04. The summed E-state index contributed by atoms with van der Waals surface area (Å²) < 4.78 is 39.5. The van der Waals surface area contributed by atoms with Gasteiger partial charge in [0, 0.05) is 29.9 Å². The maximum atomic E-state index is 12.8. The van der Waals surface area contributed by atoms with E-state index in [-0.39, 0.29) is 11.1 Å². The van der Waals surface area contributed by atoms with Crippen molar-refractivity contribution in [3.63, 3.8) is 0 Å². The smallest absolute Gasteiger partial charge is 0.322 e. The van der Waals surface area contributed by atoms with Crippen molar-refractivity contribution in [1.29, 1.82) is 0 Å². The van der Waals surface area contributed by atoms with Crippen molar-refractivity contribution >= 4 is 11.6 Å². The second-order valence-electron chi connectivity index (χ2n) is 5.79. The number of halogens is 3. The lowest BCUT2D eigenvalue weighted by molar-refractivity contribution is -0.137. The minimum atomic E-state index is -4.51. The van der Waals surface area contributed by atoms with E-state index in [9.17, 15) is 22.8 Å². The number of alkyl halides is 3. The van der Waals surface area contributed by atoms with Crippen molar-refractivity contribution < 1.29 is 18.0 Å². The summed E-state index contributed by atoms with van der Waals surface area (Å²) in [5.41, 5.74) is 0.519. The topological polar surface area (TPSA) is 64.0 Å². The van der Waals surface area contributed by atoms with E-state index in [0.29, 0.717) is 11.4 Å². The molecule has 0 unspecified atom stereocenters. The molecule has 5 nitrogen and oxygen atoms in total. The van der Waals surface area contributed by atoms with Crippen LogP contribution in [0, 0.1) is 0 Å². The quantitative estimate of drug-likeness (QED) is 0.761. The van der Waals surface area contributed by atoms with Crippen LogP contribution >= 0.6 is 0 Å². The van der Waals surface area contributed by atoms with Crippen molar-refractivity contribution in [3.8, 4) is 11.3 Å². The van der Waals surface area contributed by atoms with Crippen LogP contribution in [0.1, 0.15) is 15.9 Å². The summed E-state index contributed by atoms with van der Waals surface area (Å²) in [6.07, 6.45) is -4.51. The number of aryl methyl sites for hydroxylation is 1. The van der Waals surface area contributed by atoms with Crippen molar-refractivity contribution in [3.05, 3.63) is 82.1 Å². The van der Waals surface area contributed by atoms with E-state index in [1.807, 2.05) is 0 Å². The Kier molecular flexibility index (Phi) is 4.81. The number of rotatable bonds is 3. The van der Waals surface area contributed by atoms with Crippen LogP contribution in [0.2, 0.25) is 0 Å². The SMILES string of the molecule is Cn1nc(-c2ccc(NC(=O)c3cccc(C(F)(F)F)c3)cc2)ccc1=O. The van der Waals surface area contributed by atoms with Crippen molar-refractivity contribution in [2.24, 2.45) is 7.05 Å². The van der Waals surface area contributed by atoms with Gasteiger partial charge in [-0.3, -0.25) is 9.59 Å². The first-order chi connectivity index (χ1) is 12.7. The Balaban J connectivity index is 1.77. The molecule has 27 heavy (non-hydrogen) atoms. The van der Waals surface area contributed by atoms with Gasteiger partial charge in [-0.25, -0.2) is 4.68 Å². The molecule has 8 heteroatoms. The van der Waals surface area contributed by atoms with Gasteiger partial charge >= 0.3 is 6.18 Å². The van der Waals surface area contributed by atoms with Gasteiger partial charge in [0.25, 0.3) is 11.5 Å². The molecule has 0 saturated heterocycles. The Morgan fingerprint density at radius 2 is 1.74 bits per heavy atom. The fourth-order valence-electron chi connectivity index (χ4n) is 2.42. The molecule has 0 radical (unpaired) electrons. The van der Waals surface area contributed by atoms with E-state index in [1.165, 1.54) is 29.9 Å². The van der Waals surface area contributed by atoms with Crippen LogP contribution in [0.25, 0.3) is 11.3 Å². The molecule has 0 spiro atoms. The van der Waals surface area contributed by atoms with Gasteiger partial charge in [0.1, 0.15) is 0 Å². The molecule has 2 aromatic carbocycles. The molecular formula is C19H14F3N3O2. The third kappa shape index (κ3) is 4.22. The van der Waals surface area contributed by atoms with Gasteiger partial charge in [-0.05, 0) is 36.4 Å². The summed E-state index contributed by atoms with van der Waals surface area (Å²) >= 11 is 0. The van der Waals surface area contributed by atoms with Gasteiger partial charge in [0.2, 0.25) is 0 Å². The normalized spacial score (nSPS) is 11.3. The molecule has 0 aliphatic rings. The van der Waals surface area contributed by atoms with Crippen LogP contribution in [0.3, 0.4) is 0 Å². The maximum Gasteiger partial charge on any atom is 0.416 e. The molecule has 0 fully saturated rings. The largest absolute Gasteiger partial charge is 0.416 e. The number of amides is 1. The zero-order valence-electron chi connectivity index (χ0n) is 14.1. The Hall–Kier alpha value is -3.42. The van der Waals surface area contributed by atoms with E-state index >= 15 is 0 Å². The second kappa shape index (κ2) is 7.06. The minimum Gasteiger partial charge on any atom is -0.322 e. The molecule has 0 atom stereocenters. The van der Waals surface area contributed by atoms with Crippen LogP contribution in [-0.2, 0) is 13.2 Å². The molecule has 0 bridgehead atoms. The summed E-state index contributed by atoms with van der Waals surface area (Å²) in [4.78, 5) is 23.6. The van der Waals surface area contributed by atoms with Crippen molar-refractivity contribution in [2.45, 2.75) is 6.18 Å². The zero-order valence-corrected chi connectivity index (χ0v) is 14.1. The fourth-order valence-corrected chi connectivity index (χ4v) is 2.42. The standard InChI is InChI=1S/C19H14F3N3O2/c1-25-17(26)10-9-16(24-25)12-5-7-15(8-6-12)23-18(27)13-3-2-4-14(11-13)19(20,21)22/h2-11H,1H3,(H,23,27). The Labute approximate surface area is 152 Å². The first-order valence-electron chi connectivity index (χ1n) is 7.87. The van der Waals surface area contributed by atoms with E-state index in [2.05, 4.69) is 10.4 Å². The molecule has 1 heterocycles. The molecule has 0 aliphatic carbocycles. The van der Waals surface area contributed by atoms with E-state index < -0.39 is 17.6 Å². The van der Waals surface area contributed by atoms with Crippen LogP contribution in [0.5, 0.6) is 0 Å². The van der Waals surface area contributed by atoms with Crippen LogP contribution in [0.15, 0.2) is 65.5 Å². The second-order valence-corrected chi connectivity index (χ2v) is 5.79. The molecule has 3 rings (SSSR count). The molecule has 1 amide bonds. The van der Waals surface area contributed by atoms with Gasteiger partial charge in [-0.1, -0.05) is 18.2 Å². The van der Waals surface area contributed by atoms with E-state index in [1.54, 1.807) is 30.3 Å². The summed E-state index contributed by atoms with van der Waals surface area (Å²) in [6.45, 7) is 0. The average Bonchev–Trinajstić information content (AvgIpc) is 2.64. The van der Waals surface area contributed by atoms with Crippen molar-refractivity contribution in [1.82, 2.24) is 9.78 Å². The van der Waals surface area contributed by atoms with Gasteiger partial charge < -0.3 is 5.32 Å². The first-order valence-corrected chi connectivity index (χ1v) is 7.87. The molecular weight excluding hydrogens is 359 g/mol. The number of hydrogen-bond donors (Lipinski definition) is 1. The minimum absolute atomic E-state index is 0.0892. The third-order valence-corrected chi connectivity index (χ3v) is 3.85. The maximum absolute atomic E-state index is 12.8. The Morgan fingerprint density at radius 3 is 2.37 bits per heavy atom. The van der Waals surface area contributed by atoms with Crippen LogP contribution < -0.4 is 10.9 Å². The Morgan fingerprint density at radius 1 is 1.04 bits per heavy atom. The van der Waals surface area contributed by atoms with Crippen molar-refractivity contribution in [2.75, 3.05) is 5.32 Å². The van der Waals surface area contributed by atoms with Gasteiger partial charge in [-0.2, -0.15) is 18.3 Å². The zero-order chi connectivity index (χ0) is 19.6. The number of hydrogen-bond acceptors (Lipinski definition) is 3. The lowest BCUT2D eigenvalue weighted by atomic mass is 10.1. The third-order valence-electron chi connectivity index (χ3n) is 3.85. The first kappa shape index (κ1) is 18.4. The lowest BCUT2D eigenvalue weighted by Gasteiger charge is -2.10. The molecule has 138 valence electrons. The number of benzene rings is 2. The Bertz CT molecular complexity index is 1040. The highest BCUT2D eigenvalue weighted by atomic mass is 19.4. The predicted molar refractivity (Wildman–Crippen MR) is 94.3 cm³/mol. The molecule has 3 aromatic rings. The van der Waals surface area contributed by atoms with Gasteiger partial charge in [0.05, 0.1) is 11.3 Å². The summed E-state index contributed by atoms with van der Waals surface area (Å²) in [7, 11) is 1.54. The number of anilines is 1. The van der Waals surface area contributed by atoms with Gasteiger partial charge in [-0.15, -0.1) is 0 Å². The average molecular weight is 373 g/mol. The van der Waals surface area contributed by atoms with Crippen LogP contribution in [-0.4, -0.2) is 15.7 Å². The number of nitrogens with zero attached hydrogens (tertiary/aromatic N) is 2. The van der Waals surface area contributed by atoms with Crippen LogP contribution in [0.4, 0.5) is 18.9 Å². The number of carbonyl (C=O) groups is 1. The molecule has 1 N–H and O–H groups in total. The fraction of sp³-hybridized carbons (Fsp3) is 0.105.